The monoisotopic (exact) mass is 298 g/mol. The van der Waals surface area contributed by atoms with Crippen molar-refractivity contribution in [3.63, 3.8) is 0 Å². The lowest BCUT2D eigenvalue weighted by Crippen LogP contribution is -2.42. The lowest BCUT2D eigenvalue weighted by Gasteiger charge is -2.37. The first-order valence-electron chi connectivity index (χ1n) is 8.53. The Labute approximate surface area is 128 Å². The molecule has 0 aromatic rings. The van der Waals surface area contributed by atoms with E-state index in [4.69, 9.17) is 9.47 Å². The SMILES string of the molecule is CCOC(=O)C1CCC(O)(COC2CCCC(C)C2)CC1. The first kappa shape index (κ1) is 16.8. The second kappa shape index (κ2) is 7.59. The number of rotatable bonds is 5. The van der Waals surface area contributed by atoms with Gasteiger partial charge in [-0.15, -0.1) is 0 Å². The van der Waals surface area contributed by atoms with Crippen LogP contribution in [-0.2, 0) is 14.3 Å². The van der Waals surface area contributed by atoms with E-state index in [1.165, 1.54) is 12.8 Å². The molecule has 0 radical (unpaired) electrons. The van der Waals surface area contributed by atoms with Gasteiger partial charge in [0.05, 0.1) is 30.8 Å². The third kappa shape index (κ3) is 4.96. The van der Waals surface area contributed by atoms with Crippen LogP contribution in [0.1, 0.15) is 65.2 Å². The van der Waals surface area contributed by atoms with Crippen molar-refractivity contribution in [2.24, 2.45) is 11.8 Å². The fraction of sp³-hybridized carbons (Fsp3) is 0.941. The first-order valence-corrected chi connectivity index (χ1v) is 8.53. The summed E-state index contributed by atoms with van der Waals surface area (Å²) in [6.07, 6.45) is 7.76. The lowest BCUT2D eigenvalue weighted by atomic mass is 9.79. The Morgan fingerprint density at radius 2 is 1.95 bits per heavy atom. The number of aliphatic hydroxyl groups is 1. The summed E-state index contributed by atoms with van der Waals surface area (Å²) in [6, 6.07) is 0. The second-order valence-electron chi connectivity index (χ2n) is 6.96. The van der Waals surface area contributed by atoms with Gasteiger partial charge < -0.3 is 14.6 Å². The second-order valence-corrected chi connectivity index (χ2v) is 6.96. The van der Waals surface area contributed by atoms with Crippen LogP contribution in [0, 0.1) is 11.8 Å². The maximum absolute atomic E-state index is 11.7. The van der Waals surface area contributed by atoms with Crippen molar-refractivity contribution in [3.05, 3.63) is 0 Å². The van der Waals surface area contributed by atoms with Gasteiger partial charge in [0, 0.05) is 0 Å². The van der Waals surface area contributed by atoms with Crippen LogP contribution >= 0.6 is 0 Å². The van der Waals surface area contributed by atoms with Crippen LogP contribution in [0.5, 0.6) is 0 Å². The van der Waals surface area contributed by atoms with Gasteiger partial charge >= 0.3 is 5.97 Å². The molecule has 0 bridgehead atoms. The molecule has 1 N–H and O–H groups in total. The van der Waals surface area contributed by atoms with Crippen LogP contribution in [0.2, 0.25) is 0 Å². The smallest absolute Gasteiger partial charge is 0.308 e. The average molecular weight is 298 g/mol. The summed E-state index contributed by atoms with van der Waals surface area (Å²) in [5.74, 6) is 0.583. The highest BCUT2D eigenvalue weighted by atomic mass is 16.5. The number of hydrogen-bond donors (Lipinski definition) is 1. The van der Waals surface area contributed by atoms with E-state index in [2.05, 4.69) is 6.92 Å². The van der Waals surface area contributed by atoms with Crippen LogP contribution in [0.3, 0.4) is 0 Å². The van der Waals surface area contributed by atoms with Crippen molar-refractivity contribution in [1.82, 2.24) is 0 Å². The number of ether oxygens (including phenoxy) is 2. The number of hydrogen-bond acceptors (Lipinski definition) is 4. The summed E-state index contributed by atoms with van der Waals surface area (Å²) in [5.41, 5.74) is -0.746. The molecule has 2 aliphatic rings. The Balaban J connectivity index is 1.73. The minimum atomic E-state index is -0.746. The summed E-state index contributed by atoms with van der Waals surface area (Å²) in [7, 11) is 0. The third-order valence-corrected chi connectivity index (χ3v) is 5.01. The standard InChI is InChI=1S/C17H30O4/c1-3-20-16(18)14-7-9-17(19,10-8-14)12-21-15-6-4-5-13(2)11-15/h13-15,19H,3-12H2,1-2H3. The minimum absolute atomic E-state index is 0.0417. The predicted molar refractivity (Wildman–Crippen MR) is 80.9 cm³/mol. The van der Waals surface area contributed by atoms with Crippen LogP contribution in [0.15, 0.2) is 0 Å². The maximum atomic E-state index is 11.7. The molecule has 2 unspecified atom stereocenters. The molecule has 0 saturated heterocycles. The Bertz CT molecular complexity index is 334. The molecule has 4 nitrogen and oxygen atoms in total. The molecule has 4 heteroatoms. The topological polar surface area (TPSA) is 55.8 Å². The Hall–Kier alpha value is -0.610. The fourth-order valence-corrected chi connectivity index (χ4v) is 3.60. The van der Waals surface area contributed by atoms with Gasteiger partial charge in [0.1, 0.15) is 0 Å². The van der Waals surface area contributed by atoms with Gasteiger partial charge in [0.25, 0.3) is 0 Å². The van der Waals surface area contributed by atoms with Crippen molar-refractivity contribution in [2.45, 2.75) is 76.9 Å². The molecule has 2 saturated carbocycles. The summed E-state index contributed by atoms with van der Waals surface area (Å²) in [5, 5.41) is 10.6. The fourth-order valence-electron chi connectivity index (χ4n) is 3.60. The van der Waals surface area contributed by atoms with Crippen LogP contribution in [0.25, 0.3) is 0 Å². The van der Waals surface area contributed by atoms with E-state index in [0.29, 0.717) is 45.0 Å². The van der Waals surface area contributed by atoms with Crippen molar-refractivity contribution in [3.8, 4) is 0 Å². The Morgan fingerprint density at radius 3 is 2.57 bits per heavy atom. The van der Waals surface area contributed by atoms with Crippen molar-refractivity contribution in [2.75, 3.05) is 13.2 Å². The largest absolute Gasteiger partial charge is 0.466 e. The van der Waals surface area contributed by atoms with Gasteiger partial charge in [-0.2, -0.15) is 0 Å². The number of carbonyl (C=O) groups is 1. The van der Waals surface area contributed by atoms with E-state index in [1.807, 2.05) is 6.92 Å². The molecule has 0 aromatic heterocycles. The van der Waals surface area contributed by atoms with Crippen molar-refractivity contribution >= 4 is 5.97 Å². The zero-order chi connectivity index (χ0) is 15.3. The predicted octanol–water partition coefficient (Wildman–Crippen LogP) is 3.07. The molecule has 2 aliphatic carbocycles. The third-order valence-electron chi connectivity index (χ3n) is 5.01. The average Bonchev–Trinajstić information content (AvgIpc) is 2.46. The van der Waals surface area contributed by atoms with E-state index in [1.54, 1.807) is 0 Å². The summed E-state index contributed by atoms with van der Waals surface area (Å²) >= 11 is 0. The first-order chi connectivity index (χ1) is 10.0. The molecule has 0 heterocycles. The molecule has 2 fully saturated rings. The zero-order valence-corrected chi connectivity index (χ0v) is 13.5. The summed E-state index contributed by atoms with van der Waals surface area (Å²) in [4.78, 5) is 11.7. The van der Waals surface area contributed by atoms with Gasteiger partial charge in [-0.25, -0.2) is 0 Å². The molecule has 0 aliphatic heterocycles. The van der Waals surface area contributed by atoms with Crippen LogP contribution in [-0.4, -0.2) is 36.0 Å². The van der Waals surface area contributed by atoms with Gasteiger partial charge in [-0.05, 0) is 51.4 Å². The summed E-state index contributed by atoms with van der Waals surface area (Å²) in [6.45, 7) is 4.95. The number of esters is 1. The molecular weight excluding hydrogens is 268 g/mol. The molecule has 21 heavy (non-hydrogen) atoms. The lowest BCUT2D eigenvalue weighted by molar-refractivity contribution is -0.153. The minimum Gasteiger partial charge on any atom is -0.466 e. The molecule has 122 valence electrons. The highest BCUT2D eigenvalue weighted by Crippen LogP contribution is 2.34. The highest BCUT2D eigenvalue weighted by Gasteiger charge is 2.37. The van der Waals surface area contributed by atoms with Gasteiger partial charge in [-0.3, -0.25) is 4.79 Å². The van der Waals surface area contributed by atoms with E-state index < -0.39 is 5.60 Å². The van der Waals surface area contributed by atoms with E-state index in [0.717, 1.165) is 18.8 Å². The maximum Gasteiger partial charge on any atom is 0.308 e. The normalized spacial score (nSPS) is 37.2. The van der Waals surface area contributed by atoms with Gasteiger partial charge in [0.15, 0.2) is 0 Å². The Kier molecular flexibility index (Phi) is 6.06. The molecule has 2 rings (SSSR count). The molecular formula is C17H30O4. The molecule has 0 aromatic carbocycles. The highest BCUT2D eigenvalue weighted by molar-refractivity contribution is 5.72. The zero-order valence-electron chi connectivity index (χ0n) is 13.5. The van der Waals surface area contributed by atoms with Gasteiger partial charge in [0.2, 0.25) is 0 Å². The van der Waals surface area contributed by atoms with Crippen LogP contribution < -0.4 is 0 Å². The molecule has 0 spiro atoms. The number of carbonyl (C=O) groups excluding carboxylic acids is 1. The molecule has 2 atom stereocenters. The van der Waals surface area contributed by atoms with Crippen molar-refractivity contribution < 1.29 is 19.4 Å². The summed E-state index contributed by atoms with van der Waals surface area (Å²) < 4.78 is 11.0. The molecule has 0 amide bonds. The quantitative estimate of drug-likeness (QED) is 0.793. The van der Waals surface area contributed by atoms with Crippen molar-refractivity contribution in [1.29, 1.82) is 0 Å². The van der Waals surface area contributed by atoms with E-state index in [-0.39, 0.29) is 11.9 Å². The van der Waals surface area contributed by atoms with Gasteiger partial charge in [-0.1, -0.05) is 19.8 Å². The van der Waals surface area contributed by atoms with E-state index >= 15 is 0 Å². The van der Waals surface area contributed by atoms with Crippen LogP contribution in [0.4, 0.5) is 0 Å². The Morgan fingerprint density at radius 1 is 1.24 bits per heavy atom. The van der Waals surface area contributed by atoms with E-state index in [9.17, 15) is 9.90 Å².